The smallest absolute Gasteiger partial charge is 0.306 e. The molecule has 1 heterocycles. The Labute approximate surface area is 121 Å². The van der Waals surface area contributed by atoms with Gasteiger partial charge in [0, 0.05) is 44.0 Å². The Bertz CT molecular complexity index is 764. The molecule has 1 atom stereocenters. The van der Waals surface area contributed by atoms with Gasteiger partial charge in [-0.2, -0.15) is 0 Å². The zero-order chi connectivity index (χ0) is 15.6. The summed E-state index contributed by atoms with van der Waals surface area (Å²) in [5, 5.41) is 3.10. The molecule has 1 N–H and O–H groups in total. The van der Waals surface area contributed by atoms with Crippen molar-refractivity contribution in [3.05, 3.63) is 68.2 Å². The van der Waals surface area contributed by atoms with E-state index in [1.807, 2.05) is 6.92 Å². The summed E-state index contributed by atoms with van der Waals surface area (Å²) in [6, 6.07) is 6.26. The van der Waals surface area contributed by atoms with Gasteiger partial charge in [0.1, 0.15) is 5.82 Å². The Hall–Kier alpha value is -2.21. The summed E-state index contributed by atoms with van der Waals surface area (Å²) in [7, 11) is 3.03. The van der Waals surface area contributed by atoms with Gasteiger partial charge in [-0.1, -0.05) is 18.2 Å². The van der Waals surface area contributed by atoms with E-state index in [9.17, 15) is 14.0 Å². The van der Waals surface area contributed by atoms with Gasteiger partial charge in [0.05, 0.1) is 0 Å². The van der Waals surface area contributed by atoms with Gasteiger partial charge in [0.25, 0.3) is 5.56 Å². The van der Waals surface area contributed by atoms with E-state index in [1.54, 1.807) is 25.2 Å². The van der Waals surface area contributed by atoms with Crippen LogP contribution in [0.15, 0.2) is 40.1 Å². The summed E-state index contributed by atoms with van der Waals surface area (Å²) in [5.41, 5.74) is 0.291. The molecule has 112 valence electrons. The number of benzene rings is 1. The Kier molecular flexibility index (Phi) is 4.37. The molecule has 5 nitrogen and oxygen atoms in total. The van der Waals surface area contributed by atoms with Crippen molar-refractivity contribution in [2.45, 2.75) is 19.5 Å². The highest BCUT2D eigenvalue weighted by atomic mass is 19.1. The molecule has 21 heavy (non-hydrogen) atoms. The molecule has 1 aromatic heterocycles. The van der Waals surface area contributed by atoms with Gasteiger partial charge in [0.2, 0.25) is 0 Å². The summed E-state index contributed by atoms with van der Waals surface area (Å²) in [6.45, 7) is 2.08. The fraction of sp³-hybridized carbons (Fsp3) is 0.333. The van der Waals surface area contributed by atoms with E-state index in [4.69, 9.17) is 0 Å². The maximum atomic E-state index is 13.7. The molecule has 0 fully saturated rings. The molecule has 0 saturated heterocycles. The Morgan fingerprint density at radius 1 is 1.24 bits per heavy atom. The fourth-order valence-corrected chi connectivity index (χ4v) is 2.20. The SMILES string of the molecule is CC(NCc1cn(C)c(=O)n(C)c1=O)c1ccccc1F. The van der Waals surface area contributed by atoms with Crippen LogP contribution in [0.4, 0.5) is 4.39 Å². The van der Waals surface area contributed by atoms with E-state index >= 15 is 0 Å². The number of halogens is 1. The highest BCUT2D eigenvalue weighted by Crippen LogP contribution is 2.16. The quantitative estimate of drug-likeness (QED) is 0.917. The van der Waals surface area contributed by atoms with Gasteiger partial charge < -0.3 is 9.88 Å². The van der Waals surface area contributed by atoms with E-state index in [0.717, 1.165) is 4.57 Å². The molecule has 0 saturated carbocycles. The van der Waals surface area contributed by atoms with Crippen LogP contribution in [-0.2, 0) is 20.6 Å². The first-order chi connectivity index (χ1) is 9.91. The van der Waals surface area contributed by atoms with E-state index in [1.165, 1.54) is 23.9 Å². The van der Waals surface area contributed by atoms with Crippen molar-refractivity contribution < 1.29 is 4.39 Å². The Morgan fingerprint density at radius 2 is 1.90 bits per heavy atom. The van der Waals surface area contributed by atoms with Crippen molar-refractivity contribution in [1.82, 2.24) is 14.5 Å². The molecule has 0 aliphatic heterocycles. The topological polar surface area (TPSA) is 56.0 Å². The second kappa shape index (κ2) is 6.05. The molecular weight excluding hydrogens is 273 g/mol. The van der Waals surface area contributed by atoms with E-state index in [2.05, 4.69) is 5.32 Å². The number of nitrogens with zero attached hydrogens (tertiary/aromatic N) is 2. The molecule has 2 rings (SSSR count). The van der Waals surface area contributed by atoms with Crippen LogP contribution in [0.25, 0.3) is 0 Å². The summed E-state index contributed by atoms with van der Waals surface area (Å²) >= 11 is 0. The van der Waals surface area contributed by atoms with Crippen LogP contribution in [0.5, 0.6) is 0 Å². The second-order valence-electron chi connectivity index (χ2n) is 5.04. The maximum absolute atomic E-state index is 13.7. The van der Waals surface area contributed by atoms with Gasteiger partial charge >= 0.3 is 5.69 Å². The van der Waals surface area contributed by atoms with Crippen LogP contribution in [0.2, 0.25) is 0 Å². The minimum Gasteiger partial charge on any atom is -0.306 e. The molecular formula is C15H18FN3O2. The number of nitrogens with one attached hydrogen (secondary N) is 1. The van der Waals surface area contributed by atoms with Crippen LogP contribution < -0.4 is 16.6 Å². The average molecular weight is 291 g/mol. The molecule has 1 unspecified atom stereocenters. The van der Waals surface area contributed by atoms with E-state index in [0.29, 0.717) is 11.1 Å². The van der Waals surface area contributed by atoms with Crippen molar-refractivity contribution in [3.63, 3.8) is 0 Å². The molecule has 6 heteroatoms. The van der Waals surface area contributed by atoms with Crippen molar-refractivity contribution >= 4 is 0 Å². The predicted octanol–water partition coefficient (Wildman–Crippen LogP) is 1.07. The zero-order valence-corrected chi connectivity index (χ0v) is 12.3. The molecule has 1 aromatic carbocycles. The standard InChI is InChI=1S/C15H18FN3O2/c1-10(12-6-4-5-7-13(12)16)17-8-11-9-18(2)15(21)19(3)14(11)20/h4-7,9-10,17H,8H2,1-3H3. The summed E-state index contributed by atoms with van der Waals surface area (Å²) < 4.78 is 16.1. The lowest BCUT2D eigenvalue weighted by atomic mass is 10.1. The maximum Gasteiger partial charge on any atom is 0.330 e. The zero-order valence-electron chi connectivity index (χ0n) is 12.3. The van der Waals surface area contributed by atoms with Gasteiger partial charge in [0.15, 0.2) is 0 Å². The number of aromatic nitrogens is 2. The lowest BCUT2D eigenvalue weighted by Crippen LogP contribution is -2.39. The van der Waals surface area contributed by atoms with Crippen molar-refractivity contribution in [2.24, 2.45) is 14.1 Å². The molecule has 0 spiro atoms. The van der Waals surface area contributed by atoms with Crippen molar-refractivity contribution in [3.8, 4) is 0 Å². The lowest BCUT2D eigenvalue weighted by molar-refractivity contribution is 0.521. The number of aryl methyl sites for hydroxylation is 1. The molecule has 0 amide bonds. The largest absolute Gasteiger partial charge is 0.330 e. The second-order valence-corrected chi connectivity index (χ2v) is 5.04. The third-order valence-corrected chi connectivity index (χ3v) is 3.49. The molecule has 0 aliphatic carbocycles. The first-order valence-corrected chi connectivity index (χ1v) is 6.65. The molecule has 0 aliphatic rings. The molecule has 2 aromatic rings. The third kappa shape index (κ3) is 3.11. The van der Waals surface area contributed by atoms with Crippen LogP contribution in [0.3, 0.4) is 0 Å². The first kappa shape index (κ1) is 15.2. The highest BCUT2D eigenvalue weighted by molar-refractivity contribution is 5.20. The number of hydrogen-bond acceptors (Lipinski definition) is 3. The van der Waals surface area contributed by atoms with Crippen LogP contribution in [0, 0.1) is 5.82 Å². The van der Waals surface area contributed by atoms with Crippen LogP contribution >= 0.6 is 0 Å². The molecule has 0 bridgehead atoms. The van der Waals surface area contributed by atoms with E-state index < -0.39 is 0 Å². The summed E-state index contributed by atoms with van der Waals surface area (Å²) in [5.74, 6) is -0.286. The first-order valence-electron chi connectivity index (χ1n) is 6.65. The van der Waals surface area contributed by atoms with Crippen LogP contribution in [-0.4, -0.2) is 9.13 Å². The average Bonchev–Trinajstić information content (AvgIpc) is 2.47. The molecule has 0 radical (unpaired) electrons. The number of rotatable bonds is 4. The summed E-state index contributed by atoms with van der Waals surface area (Å²) in [6.07, 6.45) is 1.51. The van der Waals surface area contributed by atoms with Gasteiger partial charge in [-0.3, -0.25) is 9.36 Å². The van der Waals surface area contributed by atoms with E-state index in [-0.39, 0.29) is 29.7 Å². The lowest BCUT2D eigenvalue weighted by Gasteiger charge is -2.15. The van der Waals surface area contributed by atoms with Crippen molar-refractivity contribution in [2.75, 3.05) is 0 Å². The minimum atomic E-state index is -0.370. The predicted molar refractivity (Wildman–Crippen MR) is 78.6 cm³/mol. The Balaban J connectivity index is 2.20. The van der Waals surface area contributed by atoms with Crippen LogP contribution in [0.1, 0.15) is 24.1 Å². The normalized spacial score (nSPS) is 12.4. The van der Waals surface area contributed by atoms with Gasteiger partial charge in [-0.05, 0) is 13.0 Å². The Morgan fingerprint density at radius 3 is 2.57 bits per heavy atom. The monoisotopic (exact) mass is 291 g/mol. The third-order valence-electron chi connectivity index (χ3n) is 3.49. The fourth-order valence-electron chi connectivity index (χ4n) is 2.20. The van der Waals surface area contributed by atoms with Gasteiger partial charge in [-0.15, -0.1) is 0 Å². The summed E-state index contributed by atoms with van der Waals surface area (Å²) in [4.78, 5) is 23.6. The van der Waals surface area contributed by atoms with Crippen molar-refractivity contribution in [1.29, 1.82) is 0 Å². The van der Waals surface area contributed by atoms with Gasteiger partial charge in [-0.25, -0.2) is 9.18 Å². The number of hydrogen-bond donors (Lipinski definition) is 1. The minimum absolute atomic E-state index is 0.242. The highest BCUT2D eigenvalue weighted by Gasteiger charge is 2.12.